The molecule has 0 saturated carbocycles. The zero-order chi connectivity index (χ0) is 17.5. The standard InChI is InChI=1S/C15H14N2O6/c1-5-3-7(8(18)4-6(5)2)9-10(14(20)21)12(16)17-13(19)11(9)15(22)23/h3-4,18H,1-2H3,(H,20,21)(H,22,23)(H3,16,17,19). The number of phenolic OH excluding ortho intramolecular Hbond substituents is 1. The first kappa shape index (κ1) is 16.1. The van der Waals surface area contributed by atoms with Crippen molar-refractivity contribution in [3.63, 3.8) is 0 Å². The largest absolute Gasteiger partial charge is 0.507 e. The van der Waals surface area contributed by atoms with Crippen LogP contribution in [0.1, 0.15) is 31.8 Å². The summed E-state index contributed by atoms with van der Waals surface area (Å²) in [7, 11) is 0. The smallest absolute Gasteiger partial charge is 0.342 e. The first-order valence-corrected chi connectivity index (χ1v) is 6.48. The van der Waals surface area contributed by atoms with Crippen molar-refractivity contribution in [3.8, 4) is 16.9 Å². The third-order valence-electron chi connectivity index (χ3n) is 3.55. The van der Waals surface area contributed by atoms with Crippen molar-refractivity contribution >= 4 is 17.8 Å². The minimum absolute atomic E-state index is 0.0827. The number of nitrogens with one attached hydrogen (secondary N) is 1. The molecule has 0 spiro atoms. The summed E-state index contributed by atoms with van der Waals surface area (Å²) >= 11 is 0. The summed E-state index contributed by atoms with van der Waals surface area (Å²) in [5.74, 6) is -3.97. The first-order chi connectivity index (χ1) is 10.6. The number of aromatic nitrogens is 1. The Balaban J connectivity index is 3.06. The lowest BCUT2D eigenvalue weighted by atomic mass is 9.92. The van der Waals surface area contributed by atoms with Gasteiger partial charge < -0.3 is 26.0 Å². The van der Waals surface area contributed by atoms with E-state index in [-0.39, 0.29) is 11.3 Å². The molecule has 0 atom stereocenters. The lowest BCUT2D eigenvalue weighted by molar-refractivity contribution is 0.0695. The van der Waals surface area contributed by atoms with E-state index >= 15 is 0 Å². The second-order valence-electron chi connectivity index (χ2n) is 5.06. The van der Waals surface area contributed by atoms with E-state index in [9.17, 15) is 29.7 Å². The van der Waals surface area contributed by atoms with E-state index < -0.39 is 40.0 Å². The Labute approximate surface area is 129 Å². The van der Waals surface area contributed by atoms with Crippen LogP contribution in [0.5, 0.6) is 5.75 Å². The van der Waals surface area contributed by atoms with E-state index in [2.05, 4.69) is 0 Å². The molecule has 0 bridgehead atoms. The highest BCUT2D eigenvalue weighted by Crippen LogP contribution is 2.36. The normalized spacial score (nSPS) is 10.5. The third kappa shape index (κ3) is 2.61. The van der Waals surface area contributed by atoms with Crippen molar-refractivity contribution in [2.75, 3.05) is 5.73 Å². The van der Waals surface area contributed by atoms with Gasteiger partial charge in [-0.3, -0.25) is 4.79 Å². The van der Waals surface area contributed by atoms with Crippen LogP contribution in [-0.2, 0) is 0 Å². The number of rotatable bonds is 3. The molecule has 8 nitrogen and oxygen atoms in total. The van der Waals surface area contributed by atoms with E-state index in [4.69, 9.17) is 5.73 Å². The number of carbonyl (C=O) groups is 2. The number of hydrogen-bond donors (Lipinski definition) is 5. The van der Waals surface area contributed by atoms with Gasteiger partial charge in [0, 0.05) is 11.1 Å². The number of benzene rings is 1. The maximum atomic E-state index is 11.9. The van der Waals surface area contributed by atoms with Crippen LogP contribution in [0, 0.1) is 13.8 Å². The van der Waals surface area contributed by atoms with Crippen molar-refractivity contribution in [3.05, 3.63) is 44.7 Å². The number of pyridine rings is 1. The summed E-state index contributed by atoms with van der Waals surface area (Å²) in [5.41, 5.74) is 4.01. The van der Waals surface area contributed by atoms with E-state index in [0.717, 1.165) is 5.56 Å². The maximum Gasteiger partial charge on any atom is 0.342 e. The molecule has 2 aromatic rings. The summed E-state index contributed by atoms with van der Waals surface area (Å²) in [4.78, 5) is 36.8. The summed E-state index contributed by atoms with van der Waals surface area (Å²) in [5, 5.41) is 28.8. The molecule has 2 rings (SSSR count). The predicted molar refractivity (Wildman–Crippen MR) is 82.0 cm³/mol. The zero-order valence-corrected chi connectivity index (χ0v) is 12.3. The molecule has 1 heterocycles. The molecule has 0 unspecified atom stereocenters. The van der Waals surface area contributed by atoms with Crippen LogP contribution in [0.4, 0.5) is 5.82 Å². The van der Waals surface area contributed by atoms with Crippen molar-refractivity contribution in [2.45, 2.75) is 13.8 Å². The Bertz CT molecular complexity index is 898. The van der Waals surface area contributed by atoms with Gasteiger partial charge in [0.05, 0.1) is 0 Å². The fourth-order valence-corrected chi connectivity index (χ4v) is 2.32. The van der Waals surface area contributed by atoms with Gasteiger partial charge in [-0.05, 0) is 37.1 Å². The van der Waals surface area contributed by atoms with Crippen molar-refractivity contribution in [1.29, 1.82) is 0 Å². The van der Waals surface area contributed by atoms with Crippen molar-refractivity contribution < 1.29 is 24.9 Å². The minimum Gasteiger partial charge on any atom is -0.507 e. The van der Waals surface area contributed by atoms with Gasteiger partial charge >= 0.3 is 11.9 Å². The molecule has 0 aliphatic heterocycles. The summed E-state index contributed by atoms with van der Waals surface area (Å²) in [6.45, 7) is 3.43. The van der Waals surface area contributed by atoms with E-state index in [1.54, 1.807) is 13.8 Å². The molecule has 0 saturated heterocycles. The van der Waals surface area contributed by atoms with Gasteiger partial charge in [0.25, 0.3) is 5.56 Å². The van der Waals surface area contributed by atoms with Crippen molar-refractivity contribution in [1.82, 2.24) is 4.98 Å². The quantitative estimate of drug-likeness (QED) is 0.572. The molecule has 0 amide bonds. The van der Waals surface area contributed by atoms with Gasteiger partial charge in [-0.1, -0.05) is 0 Å². The third-order valence-corrected chi connectivity index (χ3v) is 3.55. The second-order valence-corrected chi connectivity index (χ2v) is 5.06. The number of carboxylic acid groups (broad SMARTS) is 2. The van der Waals surface area contributed by atoms with E-state index in [0.29, 0.717) is 5.56 Å². The number of anilines is 1. The zero-order valence-electron chi connectivity index (χ0n) is 12.3. The van der Waals surface area contributed by atoms with Crippen molar-refractivity contribution in [2.24, 2.45) is 0 Å². The maximum absolute atomic E-state index is 11.9. The number of nitrogens with two attached hydrogens (primary N) is 1. The summed E-state index contributed by atoms with van der Waals surface area (Å²) < 4.78 is 0. The Hall–Kier alpha value is -3.29. The number of nitrogen functional groups attached to an aromatic ring is 1. The molecule has 0 radical (unpaired) electrons. The SMILES string of the molecule is Cc1cc(O)c(-c2c(C(=O)O)c(N)[nH]c(=O)c2C(=O)O)cc1C. The summed E-state index contributed by atoms with van der Waals surface area (Å²) in [6.07, 6.45) is 0. The van der Waals surface area contributed by atoms with Gasteiger partial charge in [-0.2, -0.15) is 0 Å². The highest BCUT2D eigenvalue weighted by atomic mass is 16.4. The molecule has 0 aliphatic rings. The average molecular weight is 318 g/mol. The number of aromatic amines is 1. The summed E-state index contributed by atoms with van der Waals surface area (Å²) in [6, 6.07) is 2.77. The molecule has 0 aliphatic carbocycles. The van der Waals surface area contributed by atoms with E-state index in [1.165, 1.54) is 12.1 Å². The van der Waals surface area contributed by atoms with E-state index in [1.807, 2.05) is 4.98 Å². The fraction of sp³-hybridized carbons (Fsp3) is 0.133. The molecule has 8 heteroatoms. The van der Waals surface area contributed by atoms with Crippen LogP contribution >= 0.6 is 0 Å². The molecule has 23 heavy (non-hydrogen) atoms. The topological polar surface area (TPSA) is 154 Å². The van der Waals surface area contributed by atoms with Crippen LogP contribution in [-0.4, -0.2) is 32.2 Å². The lowest BCUT2D eigenvalue weighted by Gasteiger charge is -2.14. The number of aryl methyl sites for hydroxylation is 2. The van der Waals surface area contributed by atoms with Gasteiger partial charge in [-0.25, -0.2) is 9.59 Å². The highest BCUT2D eigenvalue weighted by Gasteiger charge is 2.28. The minimum atomic E-state index is -1.62. The van der Waals surface area contributed by atoms with Gasteiger partial charge in [0.1, 0.15) is 22.7 Å². The first-order valence-electron chi connectivity index (χ1n) is 6.48. The lowest BCUT2D eigenvalue weighted by Crippen LogP contribution is -2.24. The van der Waals surface area contributed by atoms with Crippen LogP contribution < -0.4 is 11.3 Å². The number of phenols is 1. The average Bonchev–Trinajstić information content (AvgIpc) is 2.40. The number of aromatic carboxylic acids is 2. The van der Waals surface area contributed by atoms with Crippen LogP contribution in [0.15, 0.2) is 16.9 Å². The molecule has 6 N–H and O–H groups in total. The van der Waals surface area contributed by atoms with Crippen LogP contribution in [0.25, 0.3) is 11.1 Å². The molecule has 0 fully saturated rings. The van der Waals surface area contributed by atoms with Gasteiger partial charge in [0.15, 0.2) is 0 Å². The van der Waals surface area contributed by atoms with Crippen LogP contribution in [0.3, 0.4) is 0 Å². The molecular formula is C15H14N2O6. The number of carboxylic acids is 2. The molecule has 1 aromatic carbocycles. The van der Waals surface area contributed by atoms with Gasteiger partial charge in [0.2, 0.25) is 0 Å². The fourth-order valence-electron chi connectivity index (χ4n) is 2.32. The molecule has 120 valence electrons. The Morgan fingerprint density at radius 2 is 1.57 bits per heavy atom. The Morgan fingerprint density at radius 3 is 2.09 bits per heavy atom. The Kier molecular flexibility index (Phi) is 3.84. The molecular weight excluding hydrogens is 304 g/mol. The number of hydrogen-bond acceptors (Lipinski definition) is 5. The monoisotopic (exact) mass is 318 g/mol. The van der Waals surface area contributed by atoms with Crippen LogP contribution in [0.2, 0.25) is 0 Å². The number of H-pyrrole nitrogens is 1. The second kappa shape index (κ2) is 5.48. The van der Waals surface area contributed by atoms with Gasteiger partial charge in [-0.15, -0.1) is 0 Å². The highest BCUT2D eigenvalue weighted by molar-refractivity contribution is 6.08. The Morgan fingerprint density at radius 1 is 1.04 bits per heavy atom. The number of aromatic hydroxyl groups is 1. The molecule has 1 aromatic heterocycles. The predicted octanol–water partition coefficient (Wildman–Crippen LogP) is 1.34.